The summed E-state index contributed by atoms with van der Waals surface area (Å²) >= 11 is 0. The van der Waals surface area contributed by atoms with Crippen molar-refractivity contribution in [3.63, 3.8) is 0 Å². The molecule has 0 saturated carbocycles. The van der Waals surface area contributed by atoms with Crippen LogP contribution in [0.25, 0.3) is 6.08 Å². The highest BCUT2D eigenvalue weighted by Gasteiger charge is 1.93. The highest BCUT2D eigenvalue weighted by molar-refractivity contribution is 5.56. The van der Waals surface area contributed by atoms with Gasteiger partial charge in [0.25, 0.3) is 0 Å². The Kier molecular flexibility index (Phi) is 2.88. The van der Waals surface area contributed by atoms with Gasteiger partial charge >= 0.3 is 0 Å². The topological polar surface area (TPSA) is 40.5 Å². The molecule has 1 aromatic rings. The molecule has 0 aliphatic rings. The van der Waals surface area contributed by atoms with E-state index in [4.69, 9.17) is 5.11 Å². The van der Waals surface area contributed by atoms with Crippen LogP contribution in [0.3, 0.4) is 0 Å². The van der Waals surface area contributed by atoms with Gasteiger partial charge in [0.1, 0.15) is 5.75 Å². The summed E-state index contributed by atoms with van der Waals surface area (Å²) in [5.74, 6) is 0.231. The lowest BCUT2D eigenvalue weighted by Crippen LogP contribution is -1.91. The van der Waals surface area contributed by atoms with E-state index < -0.39 is 6.10 Å². The Morgan fingerprint density at radius 1 is 1.33 bits per heavy atom. The molecule has 1 rings (SSSR count). The SMILES string of the molecule is C[C@@H](O)/C=C/c1ccccc1O. The largest absolute Gasteiger partial charge is 0.507 e. The van der Waals surface area contributed by atoms with Gasteiger partial charge in [-0.1, -0.05) is 30.4 Å². The molecule has 0 bridgehead atoms. The van der Waals surface area contributed by atoms with Crippen LogP contribution in [-0.4, -0.2) is 16.3 Å². The number of para-hydroxylation sites is 1. The van der Waals surface area contributed by atoms with E-state index in [0.717, 1.165) is 5.56 Å². The predicted molar refractivity (Wildman–Crippen MR) is 48.8 cm³/mol. The number of phenolic OH excluding ortho intramolecular Hbond substituents is 1. The lowest BCUT2D eigenvalue weighted by Gasteiger charge is -1.97. The van der Waals surface area contributed by atoms with Crippen molar-refractivity contribution in [1.29, 1.82) is 0 Å². The maximum Gasteiger partial charge on any atom is 0.122 e. The number of aromatic hydroxyl groups is 1. The fourth-order valence-corrected chi connectivity index (χ4v) is 0.871. The van der Waals surface area contributed by atoms with Crippen molar-refractivity contribution >= 4 is 6.08 Å². The summed E-state index contributed by atoms with van der Waals surface area (Å²) in [5, 5.41) is 18.2. The molecule has 2 nitrogen and oxygen atoms in total. The van der Waals surface area contributed by atoms with Gasteiger partial charge in [0.15, 0.2) is 0 Å². The van der Waals surface area contributed by atoms with Crippen molar-refractivity contribution < 1.29 is 10.2 Å². The molecule has 0 spiro atoms. The second kappa shape index (κ2) is 3.93. The first-order chi connectivity index (χ1) is 5.70. The molecule has 0 aliphatic carbocycles. The van der Waals surface area contributed by atoms with Crippen LogP contribution in [-0.2, 0) is 0 Å². The molecule has 0 heterocycles. The minimum absolute atomic E-state index is 0.231. The molecule has 1 atom stereocenters. The number of phenols is 1. The summed E-state index contributed by atoms with van der Waals surface area (Å²) in [7, 11) is 0. The minimum atomic E-state index is -0.482. The van der Waals surface area contributed by atoms with Crippen LogP contribution in [0.1, 0.15) is 12.5 Å². The van der Waals surface area contributed by atoms with Crippen molar-refractivity contribution in [3.8, 4) is 5.75 Å². The minimum Gasteiger partial charge on any atom is -0.507 e. The molecule has 0 amide bonds. The molecular weight excluding hydrogens is 152 g/mol. The van der Waals surface area contributed by atoms with Crippen LogP contribution >= 0.6 is 0 Å². The van der Waals surface area contributed by atoms with Crippen LogP contribution in [0.4, 0.5) is 0 Å². The van der Waals surface area contributed by atoms with Gasteiger partial charge in [-0.25, -0.2) is 0 Å². The molecule has 1 aromatic carbocycles. The molecule has 0 saturated heterocycles. The first kappa shape index (κ1) is 8.81. The van der Waals surface area contributed by atoms with Gasteiger partial charge in [0.2, 0.25) is 0 Å². The summed E-state index contributed by atoms with van der Waals surface area (Å²) < 4.78 is 0. The molecule has 0 fully saturated rings. The Morgan fingerprint density at radius 2 is 2.00 bits per heavy atom. The summed E-state index contributed by atoms with van der Waals surface area (Å²) in [6, 6.07) is 6.99. The molecule has 0 unspecified atom stereocenters. The highest BCUT2D eigenvalue weighted by Crippen LogP contribution is 2.16. The van der Waals surface area contributed by atoms with E-state index in [0.29, 0.717) is 0 Å². The Bertz CT molecular complexity index is 277. The van der Waals surface area contributed by atoms with Gasteiger partial charge in [0.05, 0.1) is 6.10 Å². The average Bonchev–Trinajstić information content (AvgIpc) is 2.03. The first-order valence-corrected chi connectivity index (χ1v) is 3.84. The average molecular weight is 164 g/mol. The standard InChI is InChI=1S/C10H12O2/c1-8(11)6-7-9-4-2-3-5-10(9)12/h2-8,11-12H,1H3/b7-6+/t8-/m1/s1. The smallest absolute Gasteiger partial charge is 0.122 e. The fraction of sp³-hybridized carbons (Fsp3) is 0.200. The molecule has 0 radical (unpaired) electrons. The van der Waals surface area contributed by atoms with E-state index in [2.05, 4.69) is 0 Å². The second-order valence-electron chi connectivity index (χ2n) is 2.66. The van der Waals surface area contributed by atoms with Gasteiger partial charge in [-0.3, -0.25) is 0 Å². The Morgan fingerprint density at radius 3 is 2.58 bits per heavy atom. The summed E-state index contributed by atoms with van der Waals surface area (Å²) in [4.78, 5) is 0. The third-order valence-corrected chi connectivity index (χ3v) is 1.49. The molecule has 12 heavy (non-hydrogen) atoms. The molecule has 0 aromatic heterocycles. The zero-order chi connectivity index (χ0) is 8.97. The Hall–Kier alpha value is -1.28. The molecule has 2 N–H and O–H groups in total. The summed E-state index contributed by atoms with van der Waals surface area (Å²) in [6.07, 6.45) is 2.83. The number of aliphatic hydroxyl groups is 1. The lowest BCUT2D eigenvalue weighted by atomic mass is 10.2. The normalized spacial score (nSPS) is 13.5. The predicted octanol–water partition coefficient (Wildman–Crippen LogP) is 1.79. The van der Waals surface area contributed by atoms with Crippen LogP contribution < -0.4 is 0 Å². The van der Waals surface area contributed by atoms with Crippen LogP contribution in [0.2, 0.25) is 0 Å². The Labute approximate surface area is 71.8 Å². The van der Waals surface area contributed by atoms with E-state index >= 15 is 0 Å². The van der Waals surface area contributed by atoms with Crippen molar-refractivity contribution in [2.24, 2.45) is 0 Å². The lowest BCUT2D eigenvalue weighted by molar-refractivity contribution is 0.245. The molecule has 0 aliphatic heterocycles. The van der Waals surface area contributed by atoms with E-state index in [9.17, 15) is 5.11 Å². The zero-order valence-electron chi connectivity index (χ0n) is 6.94. The molecular formula is C10H12O2. The van der Waals surface area contributed by atoms with Gasteiger partial charge in [-0.05, 0) is 13.0 Å². The van der Waals surface area contributed by atoms with Crippen molar-refractivity contribution in [1.82, 2.24) is 0 Å². The summed E-state index contributed by atoms with van der Waals surface area (Å²) in [5.41, 5.74) is 0.721. The number of benzene rings is 1. The zero-order valence-corrected chi connectivity index (χ0v) is 6.94. The van der Waals surface area contributed by atoms with E-state index in [1.165, 1.54) is 0 Å². The quantitative estimate of drug-likeness (QED) is 0.699. The molecule has 64 valence electrons. The van der Waals surface area contributed by atoms with Gasteiger partial charge in [-0.2, -0.15) is 0 Å². The monoisotopic (exact) mass is 164 g/mol. The Balaban J connectivity index is 2.82. The van der Waals surface area contributed by atoms with Crippen molar-refractivity contribution in [2.75, 3.05) is 0 Å². The maximum atomic E-state index is 9.29. The number of rotatable bonds is 2. The van der Waals surface area contributed by atoms with Crippen molar-refractivity contribution in [3.05, 3.63) is 35.9 Å². The van der Waals surface area contributed by atoms with Crippen LogP contribution in [0.15, 0.2) is 30.3 Å². The van der Waals surface area contributed by atoms with Crippen molar-refractivity contribution in [2.45, 2.75) is 13.0 Å². The third kappa shape index (κ3) is 2.40. The van der Waals surface area contributed by atoms with Gasteiger partial charge in [0, 0.05) is 5.56 Å². The third-order valence-electron chi connectivity index (χ3n) is 1.49. The summed E-state index contributed by atoms with van der Waals surface area (Å²) in [6.45, 7) is 1.66. The van der Waals surface area contributed by atoms with Gasteiger partial charge in [-0.15, -0.1) is 0 Å². The second-order valence-corrected chi connectivity index (χ2v) is 2.66. The van der Waals surface area contributed by atoms with E-state index in [-0.39, 0.29) is 5.75 Å². The van der Waals surface area contributed by atoms with Crippen LogP contribution in [0.5, 0.6) is 5.75 Å². The van der Waals surface area contributed by atoms with Crippen LogP contribution in [0, 0.1) is 0 Å². The number of hydrogen-bond donors (Lipinski definition) is 2. The van der Waals surface area contributed by atoms with Gasteiger partial charge < -0.3 is 10.2 Å². The maximum absolute atomic E-state index is 9.29. The highest BCUT2D eigenvalue weighted by atomic mass is 16.3. The fourth-order valence-electron chi connectivity index (χ4n) is 0.871. The van der Waals surface area contributed by atoms with E-state index in [1.54, 1.807) is 37.3 Å². The van der Waals surface area contributed by atoms with E-state index in [1.807, 2.05) is 6.07 Å². The number of aliphatic hydroxyl groups excluding tert-OH is 1. The molecule has 2 heteroatoms. The number of hydrogen-bond acceptors (Lipinski definition) is 2. The first-order valence-electron chi connectivity index (χ1n) is 3.84.